The Bertz CT molecular complexity index is 384. The van der Waals surface area contributed by atoms with Crippen molar-refractivity contribution in [2.24, 2.45) is 0 Å². The van der Waals surface area contributed by atoms with Crippen LogP contribution in [0.15, 0.2) is 0 Å². The highest BCUT2D eigenvalue weighted by Gasteiger charge is 2.55. The summed E-state index contributed by atoms with van der Waals surface area (Å²) in [6.45, 7) is 0. The van der Waals surface area contributed by atoms with E-state index in [9.17, 15) is 29.2 Å². The van der Waals surface area contributed by atoms with Crippen LogP contribution < -0.4 is 0 Å². The van der Waals surface area contributed by atoms with Gasteiger partial charge >= 0.3 is 0 Å². The first-order valence-electron chi connectivity index (χ1n) is 4.21. The van der Waals surface area contributed by atoms with E-state index in [0.717, 1.165) is 0 Å². The molecule has 0 aromatic carbocycles. The summed E-state index contributed by atoms with van der Waals surface area (Å²) in [7, 11) is 0. The fraction of sp³-hybridized carbons (Fsp3) is 0.833. The van der Waals surface area contributed by atoms with Gasteiger partial charge in [-0.25, -0.2) is 8.78 Å². The molecule has 90 valence electrons. The zero-order valence-electron chi connectivity index (χ0n) is 7.75. The summed E-state index contributed by atoms with van der Waals surface area (Å²) in [6.07, 6.45) is -2.87. The summed E-state index contributed by atoms with van der Waals surface area (Å²) >= 11 is 0. The van der Waals surface area contributed by atoms with Crippen molar-refractivity contribution in [3.63, 3.8) is 0 Å². The minimum Gasteiger partial charge on any atom is -0.359 e. The minimum absolute atomic E-state index is 0.147. The second-order valence-electron chi connectivity index (χ2n) is 3.71. The maximum atomic E-state index is 13.2. The Morgan fingerprint density at radius 1 is 1.12 bits per heavy atom. The Hall–Kier alpha value is -1.23. The van der Waals surface area contributed by atoms with Crippen molar-refractivity contribution in [1.82, 2.24) is 20.2 Å². The van der Waals surface area contributed by atoms with E-state index in [4.69, 9.17) is 0 Å². The Labute approximate surface area is 86.7 Å². The van der Waals surface area contributed by atoms with Crippen LogP contribution in [0.3, 0.4) is 0 Å². The van der Waals surface area contributed by atoms with Gasteiger partial charge in [0.15, 0.2) is 0 Å². The number of halogens is 2. The molecule has 2 heterocycles. The standard InChI is InChI=1S/C6H8F2N4O4/c7-4(8)1-5(13,14)3-9-10-11-12(3)6(15,16)2-4/h13-16H,1-2H2. The quantitative estimate of drug-likeness (QED) is 0.379. The number of hydrogen-bond donors (Lipinski definition) is 4. The van der Waals surface area contributed by atoms with E-state index in [1.54, 1.807) is 0 Å². The molecule has 1 aliphatic heterocycles. The van der Waals surface area contributed by atoms with Crippen LogP contribution in [0.2, 0.25) is 0 Å². The molecule has 0 amide bonds. The third-order valence-corrected chi connectivity index (χ3v) is 2.17. The van der Waals surface area contributed by atoms with Gasteiger partial charge in [0.2, 0.25) is 11.6 Å². The maximum absolute atomic E-state index is 13.2. The highest BCUT2D eigenvalue weighted by Crippen LogP contribution is 2.40. The van der Waals surface area contributed by atoms with Crippen molar-refractivity contribution in [2.75, 3.05) is 0 Å². The largest absolute Gasteiger partial charge is 0.359 e. The number of nitrogens with zero attached hydrogens (tertiary/aromatic N) is 4. The second kappa shape index (κ2) is 2.91. The Kier molecular flexibility index (Phi) is 2.05. The number of rotatable bonds is 0. The zero-order chi connectivity index (χ0) is 12.2. The van der Waals surface area contributed by atoms with E-state index in [1.807, 2.05) is 0 Å². The molecule has 1 aromatic rings. The van der Waals surface area contributed by atoms with Crippen molar-refractivity contribution in [3.8, 4) is 0 Å². The number of aromatic nitrogens is 4. The van der Waals surface area contributed by atoms with Crippen LogP contribution >= 0.6 is 0 Å². The molecule has 0 saturated carbocycles. The predicted molar refractivity (Wildman–Crippen MR) is 40.5 cm³/mol. The molecule has 0 atom stereocenters. The summed E-state index contributed by atoms with van der Waals surface area (Å²) in [5.41, 5.74) is 0. The van der Waals surface area contributed by atoms with Gasteiger partial charge in [-0.05, 0) is 10.4 Å². The number of aliphatic hydroxyl groups is 4. The zero-order valence-corrected chi connectivity index (χ0v) is 7.75. The molecule has 2 rings (SSSR count). The number of hydrogen-bond acceptors (Lipinski definition) is 7. The molecule has 0 aliphatic carbocycles. The molecular weight excluding hydrogens is 230 g/mol. The summed E-state index contributed by atoms with van der Waals surface area (Å²) in [5.74, 6) is -10.7. The van der Waals surface area contributed by atoms with Crippen molar-refractivity contribution in [2.45, 2.75) is 30.5 Å². The van der Waals surface area contributed by atoms with Crippen LogP contribution in [0, 0.1) is 0 Å². The SMILES string of the molecule is OC1(O)CC(F)(F)CC(O)(O)n2nnnc21. The fourth-order valence-electron chi connectivity index (χ4n) is 1.60. The van der Waals surface area contributed by atoms with Crippen LogP contribution in [0.5, 0.6) is 0 Å². The highest BCUT2D eigenvalue weighted by molar-refractivity contribution is 5.00. The first-order chi connectivity index (χ1) is 7.14. The van der Waals surface area contributed by atoms with Crippen LogP contribution in [0.1, 0.15) is 18.7 Å². The summed E-state index contributed by atoms with van der Waals surface area (Å²) < 4.78 is 26.5. The van der Waals surface area contributed by atoms with Gasteiger partial charge in [0.05, 0.1) is 12.8 Å². The molecule has 0 radical (unpaired) electrons. The van der Waals surface area contributed by atoms with Crippen LogP contribution in [0.4, 0.5) is 8.78 Å². The molecule has 1 aromatic heterocycles. The van der Waals surface area contributed by atoms with Gasteiger partial charge < -0.3 is 20.4 Å². The van der Waals surface area contributed by atoms with Gasteiger partial charge in [0, 0.05) is 0 Å². The lowest BCUT2D eigenvalue weighted by molar-refractivity contribution is -0.271. The van der Waals surface area contributed by atoms with Gasteiger partial charge in [-0.3, -0.25) is 0 Å². The van der Waals surface area contributed by atoms with Crippen LogP contribution in [-0.2, 0) is 11.7 Å². The molecule has 4 N–H and O–H groups in total. The lowest BCUT2D eigenvalue weighted by atomic mass is 10.1. The van der Waals surface area contributed by atoms with E-state index >= 15 is 0 Å². The third-order valence-electron chi connectivity index (χ3n) is 2.17. The normalized spacial score (nSPS) is 25.9. The van der Waals surface area contributed by atoms with E-state index in [2.05, 4.69) is 15.5 Å². The Balaban J connectivity index is 2.59. The average Bonchev–Trinajstić information content (AvgIpc) is 2.43. The molecule has 16 heavy (non-hydrogen) atoms. The van der Waals surface area contributed by atoms with Gasteiger partial charge in [-0.1, -0.05) is 0 Å². The van der Waals surface area contributed by atoms with E-state index in [0.29, 0.717) is 0 Å². The molecule has 8 nitrogen and oxygen atoms in total. The number of tetrazole rings is 1. The minimum atomic E-state index is -3.70. The van der Waals surface area contributed by atoms with Gasteiger partial charge in [0.1, 0.15) is 0 Å². The number of fused-ring (bicyclic) bond motifs is 1. The lowest BCUT2D eigenvalue weighted by Crippen LogP contribution is -2.39. The summed E-state index contributed by atoms with van der Waals surface area (Å²) in [5, 5.41) is 46.5. The van der Waals surface area contributed by atoms with E-state index < -0.39 is 36.3 Å². The topological polar surface area (TPSA) is 125 Å². The third kappa shape index (κ3) is 1.65. The first-order valence-corrected chi connectivity index (χ1v) is 4.21. The Morgan fingerprint density at radius 3 is 2.38 bits per heavy atom. The molecular formula is C6H8F2N4O4. The van der Waals surface area contributed by atoms with Crippen LogP contribution in [-0.4, -0.2) is 46.6 Å². The predicted octanol–water partition coefficient (Wildman–Crippen LogP) is -2.17. The van der Waals surface area contributed by atoms with E-state index in [1.165, 1.54) is 0 Å². The van der Waals surface area contributed by atoms with Gasteiger partial charge in [-0.15, -0.1) is 5.10 Å². The van der Waals surface area contributed by atoms with E-state index in [-0.39, 0.29) is 4.68 Å². The smallest absolute Gasteiger partial charge is 0.275 e. The molecule has 0 unspecified atom stereocenters. The van der Waals surface area contributed by atoms with Crippen LogP contribution in [0.25, 0.3) is 0 Å². The molecule has 0 spiro atoms. The molecule has 0 fully saturated rings. The molecule has 0 bridgehead atoms. The highest BCUT2D eigenvalue weighted by atomic mass is 19.3. The summed E-state index contributed by atoms with van der Waals surface area (Å²) in [6, 6.07) is 0. The Morgan fingerprint density at radius 2 is 1.75 bits per heavy atom. The molecule has 1 aliphatic rings. The second-order valence-corrected chi connectivity index (χ2v) is 3.71. The molecule has 0 saturated heterocycles. The first kappa shape index (κ1) is 11.3. The average molecular weight is 238 g/mol. The van der Waals surface area contributed by atoms with Gasteiger partial charge in [0.25, 0.3) is 11.8 Å². The maximum Gasteiger partial charge on any atom is 0.275 e. The van der Waals surface area contributed by atoms with Crippen molar-refractivity contribution >= 4 is 0 Å². The number of alkyl halides is 2. The monoisotopic (exact) mass is 238 g/mol. The van der Waals surface area contributed by atoms with Crippen molar-refractivity contribution in [3.05, 3.63) is 5.82 Å². The van der Waals surface area contributed by atoms with Crippen molar-refractivity contribution < 1.29 is 29.2 Å². The van der Waals surface area contributed by atoms with Gasteiger partial charge in [-0.2, -0.15) is 4.68 Å². The summed E-state index contributed by atoms with van der Waals surface area (Å²) in [4.78, 5) is 0. The van der Waals surface area contributed by atoms with Crippen molar-refractivity contribution in [1.29, 1.82) is 0 Å². The molecule has 10 heteroatoms. The lowest BCUT2D eigenvalue weighted by Gasteiger charge is -2.23. The fourth-order valence-corrected chi connectivity index (χ4v) is 1.60.